The summed E-state index contributed by atoms with van der Waals surface area (Å²) in [7, 11) is 1.57. The number of hydrogen-bond donors (Lipinski definition) is 1. The molecule has 0 unspecified atom stereocenters. The number of nitrogens with zero attached hydrogens (tertiary/aromatic N) is 1. The monoisotopic (exact) mass is 290 g/mol. The fourth-order valence-corrected chi connectivity index (χ4v) is 2.33. The zero-order valence-electron chi connectivity index (χ0n) is 12.8. The minimum Gasteiger partial charge on any atom is -0.494 e. The number of benzene rings is 1. The van der Waals surface area contributed by atoms with Crippen LogP contribution in [0.25, 0.3) is 0 Å². The molecule has 1 aliphatic rings. The number of anilines is 2. The first-order chi connectivity index (χ1) is 10.1. The normalized spacial score (nSPS) is 16.0. The van der Waals surface area contributed by atoms with E-state index in [2.05, 4.69) is 5.32 Å². The molecule has 0 aromatic heterocycles. The van der Waals surface area contributed by atoms with Gasteiger partial charge in [-0.1, -0.05) is 13.8 Å². The highest BCUT2D eigenvalue weighted by Crippen LogP contribution is 2.33. The highest BCUT2D eigenvalue weighted by molar-refractivity contribution is 5.98. The second-order valence-electron chi connectivity index (χ2n) is 5.33. The molecule has 114 valence electrons. The molecule has 1 aliphatic heterocycles. The molecule has 1 aromatic carbocycles. The van der Waals surface area contributed by atoms with E-state index in [1.54, 1.807) is 18.1 Å². The molecular formula is C16H22N2O3. The number of methoxy groups -OCH3 is 1. The van der Waals surface area contributed by atoms with E-state index in [0.29, 0.717) is 24.4 Å². The third kappa shape index (κ3) is 3.35. The van der Waals surface area contributed by atoms with E-state index in [0.717, 1.165) is 18.5 Å². The van der Waals surface area contributed by atoms with Crippen LogP contribution in [0, 0.1) is 5.92 Å². The van der Waals surface area contributed by atoms with Gasteiger partial charge in [-0.3, -0.25) is 9.59 Å². The van der Waals surface area contributed by atoms with Crippen molar-refractivity contribution in [2.75, 3.05) is 23.9 Å². The fraction of sp³-hybridized carbons (Fsp3) is 0.500. The quantitative estimate of drug-likeness (QED) is 0.907. The van der Waals surface area contributed by atoms with Gasteiger partial charge in [0, 0.05) is 30.6 Å². The van der Waals surface area contributed by atoms with Crippen molar-refractivity contribution in [3.05, 3.63) is 18.2 Å². The highest BCUT2D eigenvalue weighted by Gasteiger charge is 2.24. The summed E-state index contributed by atoms with van der Waals surface area (Å²) in [5.74, 6) is 0.678. The molecule has 1 saturated heterocycles. The summed E-state index contributed by atoms with van der Waals surface area (Å²) in [5.41, 5.74) is 1.45. The van der Waals surface area contributed by atoms with Crippen LogP contribution >= 0.6 is 0 Å². The molecule has 1 aromatic rings. The molecule has 2 rings (SSSR count). The Labute approximate surface area is 125 Å². The number of amides is 2. The van der Waals surface area contributed by atoms with Crippen LogP contribution in [0.4, 0.5) is 11.4 Å². The Hall–Kier alpha value is -2.04. The molecule has 5 nitrogen and oxygen atoms in total. The minimum absolute atomic E-state index is 0.00967. The molecule has 1 fully saturated rings. The van der Waals surface area contributed by atoms with E-state index in [1.165, 1.54) is 0 Å². The number of carbonyl (C=O) groups is 2. The molecule has 5 heteroatoms. The van der Waals surface area contributed by atoms with Crippen LogP contribution in [-0.2, 0) is 9.59 Å². The van der Waals surface area contributed by atoms with Crippen molar-refractivity contribution in [1.29, 1.82) is 0 Å². The molecule has 0 bridgehead atoms. The summed E-state index contributed by atoms with van der Waals surface area (Å²) < 4.78 is 5.37. The van der Waals surface area contributed by atoms with E-state index in [1.807, 2.05) is 26.0 Å². The van der Waals surface area contributed by atoms with Gasteiger partial charge in [-0.2, -0.15) is 0 Å². The van der Waals surface area contributed by atoms with Crippen molar-refractivity contribution in [3.8, 4) is 5.75 Å². The third-order valence-electron chi connectivity index (χ3n) is 3.87. The van der Waals surface area contributed by atoms with Crippen molar-refractivity contribution in [1.82, 2.24) is 0 Å². The Balaban J connectivity index is 2.20. The Morgan fingerprint density at radius 1 is 1.48 bits per heavy atom. The van der Waals surface area contributed by atoms with E-state index in [9.17, 15) is 9.59 Å². The van der Waals surface area contributed by atoms with Crippen molar-refractivity contribution >= 4 is 23.2 Å². The maximum Gasteiger partial charge on any atom is 0.227 e. The molecule has 1 atom stereocenters. The first-order valence-corrected chi connectivity index (χ1v) is 7.36. The molecular weight excluding hydrogens is 268 g/mol. The number of hydrogen-bond acceptors (Lipinski definition) is 3. The van der Waals surface area contributed by atoms with Crippen LogP contribution in [0.5, 0.6) is 5.75 Å². The summed E-state index contributed by atoms with van der Waals surface area (Å²) in [6.45, 7) is 4.59. The van der Waals surface area contributed by atoms with Gasteiger partial charge in [0.1, 0.15) is 5.75 Å². The fourth-order valence-electron chi connectivity index (χ4n) is 2.33. The molecule has 1 N–H and O–H groups in total. The lowest BCUT2D eigenvalue weighted by molar-refractivity contribution is -0.119. The second kappa shape index (κ2) is 6.61. The zero-order valence-corrected chi connectivity index (χ0v) is 12.8. The van der Waals surface area contributed by atoms with E-state index < -0.39 is 0 Å². The van der Waals surface area contributed by atoms with Gasteiger partial charge in [0.25, 0.3) is 0 Å². The lowest BCUT2D eigenvalue weighted by Crippen LogP contribution is -2.24. The first kappa shape index (κ1) is 15.4. The van der Waals surface area contributed by atoms with E-state index in [-0.39, 0.29) is 17.7 Å². The average molecular weight is 290 g/mol. The predicted molar refractivity (Wildman–Crippen MR) is 82.7 cm³/mol. The Kier molecular flexibility index (Phi) is 4.83. The second-order valence-corrected chi connectivity index (χ2v) is 5.33. The van der Waals surface area contributed by atoms with Gasteiger partial charge in [-0.25, -0.2) is 0 Å². The van der Waals surface area contributed by atoms with Crippen LogP contribution in [-0.4, -0.2) is 25.5 Å². The Morgan fingerprint density at radius 2 is 2.24 bits per heavy atom. The van der Waals surface area contributed by atoms with Gasteiger partial charge in [-0.15, -0.1) is 0 Å². The van der Waals surface area contributed by atoms with Crippen LogP contribution in [0.15, 0.2) is 18.2 Å². The summed E-state index contributed by atoms with van der Waals surface area (Å²) in [4.78, 5) is 25.5. The average Bonchev–Trinajstić information content (AvgIpc) is 2.92. The standard InChI is InChI=1S/C16H22N2O3/c1-4-11(2)16(20)17-12-7-8-13(14(10-12)21-3)18-9-5-6-15(18)19/h7-8,10-11H,4-6,9H2,1-3H3,(H,17,20)/t11-/m1/s1. The van der Waals surface area contributed by atoms with Crippen molar-refractivity contribution in [2.45, 2.75) is 33.1 Å². The molecule has 21 heavy (non-hydrogen) atoms. The smallest absolute Gasteiger partial charge is 0.227 e. The number of ether oxygens (including phenoxy) is 1. The van der Waals surface area contributed by atoms with Gasteiger partial charge in [0.2, 0.25) is 11.8 Å². The predicted octanol–water partition coefficient (Wildman–Crippen LogP) is 2.81. The van der Waals surface area contributed by atoms with Gasteiger partial charge < -0.3 is 15.0 Å². The molecule has 2 amide bonds. The van der Waals surface area contributed by atoms with Gasteiger partial charge in [0.05, 0.1) is 12.8 Å². The topological polar surface area (TPSA) is 58.6 Å². The summed E-state index contributed by atoms with van der Waals surface area (Å²) >= 11 is 0. The first-order valence-electron chi connectivity index (χ1n) is 7.36. The highest BCUT2D eigenvalue weighted by atomic mass is 16.5. The number of rotatable bonds is 5. The summed E-state index contributed by atoms with van der Waals surface area (Å²) in [6.07, 6.45) is 2.24. The lowest BCUT2D eigenvalue weighted by Gasteiger charge is -2.20. The zero-order chi connectivity index (χ0) is 15.4. The minimum atomic E-state index is -0.0316. The maximum absolute atomic E-state index is 11.9. The molecule has 0 spiro atoms. The lowest BCUT2D eigenvalue weighted by atomic mass is 10.1. The van der Waals surface area contributed by atoms with Crippen LogP contribution in [0.1, 0.15) is 33.1 Å². The third-order valence-corrected chi connectivity index (χ3v) is 3.87. The largest absolute Gasteiger partial charge is 0.494 e. The SMILES string of the molecule is CC[C@@H](C)C(=O)Nc1ccc(N2CCCC2=O)c(OC)c1. The van der Waals surface area contributed by atoms with Crippen LogP contribution in [0.3, 0.4) is 0 Å². The Morgan fingerprint density at radius 3 is 2.81 bits per heavy atom. The number of carbonyl (C=O) groups excluding carboxylic acids is 2. The van der Waals surface area contributed by atoms with Crippen molar-refractivity contribution < 1.29 is 14.3 Å². The maximum atomic E-state index is 11.9. The van der Waals surface area contributed by atoms with Gasteiger partial charge in [-0.05, 0) is 25.0 Å². The number of nitrogens with one attached hydrogen (secondary N) is 1. The van der Waals surface area contributed by atoms with Crippen LogP contribution in [0.2, 0.25) is 0 Å². The molecule has 1 heterocycles. The van der Waals surface area contributed by atoms with Crippen molar-refractivity contribution in [3.63, 3.8) is 0 Å². The molecule has 0 aliphatic carbocycles. The van der Waals surface area contributed by atoms with E-state index in [4.69, 9.17) is 4.74 Å². The summed E-state index contributed by atoms with van der Waals surface area (Å²) in [5, 5.41) is 2.87. The van der Waals surface area contributed by atoms with Crippen LogP contribution < -0.4 is 15.0 Å². The summed E-state index contributed by atoms with van der Waals surface area (Å²) in [6, 6.07) is 5.40. The molecule has 0 saturated carbocycles. The van der Waals surface area contributed by atoms with Crippen molar-refractivity contribution in [2.24, 2.45) is 5.92 Å². The van der Waals surface area contributed by atoms with Gasteiger partial charge >= 0.3 is 0 Å². The van der Waals surface area contributed by atoms with E-state index >= 15 is 0 Å². The molecule has 0 radical (unpaired) electrons. The van der Waals surface area contributed by atoms with Gasteiger partial charge in [0.15, 0.2) is 0 Å². The Bertz CT molecular complexity index is 542.